The average Bonchev–Trinajstić information content (AvgIpc) is 2.68. The van der Waals surface area contributed by atoms with Crippen molar-refractivity contribution in [2.75, 3.05) is 0 Å². The summed E-state index contributed by atoms with van der Waals surface area (Å²) in [7, 11) is 0. The van der Waals surface area contributed by atoms with Gasteiger partial charge in [-0.25, -0.2) is 4.98 Å². The van der Waals surface area contributed by atoms with Gasteiger partial charge in [0.1, 0.15) is 12.3 Å². The molecule has 0 spiro atoms. The monoisotopic (exact) mass is 364 g/mol. The molecule has 0 radical (unpaired) electrons. The highest BCUT2D eigenvalue weighted by Gasteiger charge is 2.27. The molecular formula is C22H24N2O3. The Kier molecular flexibility index (Phi) is 5.69. The maximum atomic E-state index is 12.8. The van der Waals surface area contributed by atoms with Crippen LogP contribution in [0.1, 0.15) is 43.0 Å². The lowest BCUT2D eigenvalue weighted by Gasteiger charge is -2.21. The summed E-state index contributed by atoms with van der Waals surface area (Å²) in [5.41, 5.74) is 2.73. The van der Waals surface area contributed by atoms with Gasteiger partial charge in [-0.05, 0) is 30.0 Å². The van der Waals surface area contributed by atoms with Gasteiger partial charge in [0, 0.05) is 12.3 Å². The smallest absolute Gasteiger partial charge is 0.314 e. The molecule has 0 amide bonds. The molecule has 2 atom stereocenters. The molecule has 1 aromatic carbocycles. The summed E-state index contributed by atoms with van der Waals surface area (Å²) >= 11 is 0. The van der Waals surface area contributed by atoms with Crippen molar-refractivity contribution in [1.29, 1.82) is 0 Å². The van der Waals surface area contributed by atoms with E-state index in [0.717, 1.165) is 17.5 Å². The number of aryl methyl sites for hydroxylation is 1. The second-order valence-electron chi connectivity index (χ2n) is 6.90. The van der Waals surface area contributed by atoms with E-state index < -0.39 is 0 Å². The zero-order valence-electron chi connectivity index (χ0n) is 15.9. The van der Waals surface area contributed by atoms with Crippen molar-refractivity contribution in [3.05, 3.63) is 81.9 Å². The number of rotatable bonds is 6. The van der Waals surface area contributed by atoms with Crippen LogP contribution in [0.4, 0.5) is 0 Å². The molecule has 140 valence electrons. The molecule has 0 unspecified atom stereocenters. The van der Waals surface area contributed by atoms with Gasteiger partial charge in [0.2, 0.25) is 0 Å². The number of hydrogen-bond acceptors (Lipinski definition) is 4. The molecule has 0 aliphatic heterocycles. The number of nitrogens with zero attached hydrogens (tertiary/aromatic N) is 2. The van der Waals surface area contributed by atoms with Gasteiger partial charge >= 0.3 is 5.97 Å². The van der Waals surface area contributed by atoms with E-state index in [9.17, 15) is 9.59 Å². The Morgan fingerprint density at radius 2 is 1.93 bits per heavy atom. The zero-order valence-corrected chi connectivity index (χ0v) is 15.9. The number of ether oxygens (including phenoxy) is 1. The first kappa shape index (κ1) is 18.8. The summed E-state index contributed by atoms with van der Waals surface area (Å²) in [6.45, 7) is 6.00. The van der Waals surface area contributed by atoms with Crippen LogP contribution in [0.5, 0.6) is 0 Å². The van der Waals surface area contributed by atoms with Crippen LogP contribution >= 0.6 is 0 Å². The van der Waals surface area contributed by atoms with Crippen molar-refractivity contribution in [3.63, 3.8) is 0 Å². The van der Waals surface area contributed by atoms with Gasteiger partial charge in [0.05, 0.1) is 11.6 Å². The van der Waals surface area contributed by atoms with Crippen LogP contribution in [-0.2, 0) is 16.1 Å². The quantitative estimate of drug-likeness (QED) is 0.623. The van der Waals surface area contributed by atoms with Gasteiger partial charge in [-0.15, -0.1) is 0 Å². The lowest BCUT2D eigenvalue weighted by Crippen LogP contribution is -2.23. The molecule has 0 saturated heterocycles. The summed E-state index contributed by atoms with van der Waals surface area (Å²) < 4.78 is 7.04. The second kappa shape index (κ2) is 8.16. The van der Waals surface area contributed by atoms with Gasteiger partial charge in [-0.1, -0.05) is 56.7 Å². The van der Waals surface area contributed by atoms with Gasteiger partial charge < -0.3 is 4.74 Å². The van der Waals surface area contributed by atoms with Crippen LogP contribution in [0.15, 0.2) is 59.5 Å². The first-order valence-corrected chi connectivity index (χ1v) is 9.20. The summed E-state index contributed by atoms with van der Waals surface area (Å²) in [4.78, 5) is 29.5. The Morgan fingerprint density at radius 1 is 1.19 bits per heavy atom. The third-order valence-electron chi connectivity index (χ3n) is 4.85. The van der Waals surface area contributed by atoms with E-state index in [1.807, 2.05) is 50.2 Å². The summed E-state index contributed by atoms with van der Waals surface area (Å²) in [6.07, 6.45) is 2.61. The topological polar surface area (TPSA) is 60.7 Å². The molecule has 5 heteroatoms. The normalized spacial score (nSPS) is 13.3. The molecule has 27 heavy (non-hydrogen) atoms. The third kappa shape index (κ3) is 4.25. The number of carbonyl (C=O) groups is 1. The molecular weight excluding hydrogens is 340 g/mol. The maximum absolute atomic E-state index is 12.8. The van der Waals surface area contributed by atoms with Crippen molar-refractivity contribution in [2.24, 2.45) is 5.92 Å². The lowest BCUT2D eigenvalue weighted by molar-refractivity contribution is -0.148. The Bertz CT molecular complexity index is 995. The van der Waals surface area contributed by atoms with Crippen LogP contribution in [-0.4, -0.2) is 15.4 Å². The van der Waals surface area contributed by atoms with Crippen molar-refractivity contribution >= 4 is 11.6 Å². The summed E-state index contributed by atoms with van der Waals surface area (Å²) in [5, 5.41) is 0. The zero-order chi connectivity index (χ0) is 19.4. The van der Waals surface area contributed by atoms with Gasteiger partial charge in [-0.2, -0.15) is 0 Å². The summed E-state index contributed by atoms with van der Waals surface area (Å²) in [6, 6.07) is 14.8. The standard InChI is InChI=1S/C22H24N2O3/c1-4-16(3)21(17-8-6-5-7-9-17)22(26)27-14-18-12-20(25)24-13-15(2)10-11-19(24)23-18/h5-13,16,21H,4,14H2,1-3H3/t16-,21-/m1/s1. The Labute approximate surface area is 158 Å². The minimum absolute atomic E-state index is 0.0157. The van der Waals surface area contributed by atoms with E-state index in [4.69, 9.17) is 4.74 Å². The van der Waals surface area contributed by atoms with Gasteiger partial charge in [-0.3, -0.25) is 14.0 Å². The highest BCUT2D eigenvalue weighted by atomic mass is 16.5. The minimum atomic E-state index is -0.333. The third-order valence-corrected chi connectivity index (χ3v) is 4.85. The van der Waals surface area contributed by atoms with E-state index in [2.05, 4.69) is 11.9 Å². The fourth-order valence-corrected chi connectivity index (χ4v) is 3.16. The number of fused-ring (bicyclic) bond motifs is 1. The highest BCUT2D eigenvalue weighted by Crippen LogP contribution is 2.28. The number of carbonyl (C=O) groups excluding carboxylic acids is 1. The average molecular weight is 364 g/mol. The van der Waals surface area contributed by atoms with Crippen LogP contribution in [0.3, 0.4) is 0 Å². The molecule has 3 rings (SSSR count). The maximum Gasteiger partial charge on any atom is 0.314 e. The summed E-state index contributed by atoms with van der Waals surface area (Å²) in [5.74, 6) is -0.472. The first-order valence-electron chi connectivity index (χ1n) is 9.20. The molecule has 0 fully saturated rings. The largest absolute Gasteiger partial charge is 0.459 e. The highest BCUT2D eigenvalue weighted by molar-refractivity contribution is 5.78. The van der Waals surface area contributed by atoms with Crippen LogP contribution in [0.2, 0.25) is 0 Å². The molecule has 0 aliphatic carbocycles. The molecule has 2 heterocycles. The van der Waals surface area contributed by atoms with Crippen molar-refractivity contribution in [2.45, 2.75) is 39.7 Å². The van der Waals surface area contributed by atoms with Crippen molar-refractivity contribution in [3.8, 4) is 0 Å². The molecule has 2 aromatic heterocycles. The fourth-order valence-electron chi connectivity index (χ4n) is 3.16. The molecule has 0 bridgehead atoms. The lowest BCUT2D eigenvalue weighted by atomic mass is 9.86. The molecule has 3 aromatic rings. The van der Waals surface area contributed by atoms with Crippen molar-refractivity contribution < 1.29 is 9.53 Å². The number of esters is 1. The van der Waals surface area contributed by atoms with E-state index in [0.29, 0.717) is 11.3 Å². The Balaban J connectivity index is 1.80. The van der Waals surface area contributed by atoms with Crippen LogP contribution in [0.25, 0.3) is 5.65 Å². The van der Waals surface area contributed by atoms with E-state index in [1.54, 1.807) is 12.3 Å². The van der Waals surface area contributed by atoms with E-state index in [1.165, 1.54) is 10.5 Å². The fraction of sp³-hybridized carbons (Fsp3) is 0.318. The van der Waals surface area contributed by atoms with Gasteiger partial charge in [0.15, 0.2) is 0 Å². The van der Waals surface area contributed by atoms with E-state index in [-0.39, 0.29) is 30.0 Å². The molecule has 5 nitrogen and oxygen atoms in total. The van der Waals surface area contributed by atoms with Crippen molar-refractivity contribution in [1.82, 2.24) is 9.38 Å². The molecule has 0 saturated carbocycles. The first-order chi connectivity index (χ1) is 13.0. The van der Waals surface area contributed by atoms with Crippen LogP contribution in [0, 0.1) is 12.8 Å². The Hall–Kier alpha value is -2.95. The minimum Gasteiger partial charge on any atom is -0.459 e. The molecule has 0 N–H and O–H groups in total. The number of aromatic nitrogens is 2. The predicted octanol–water partition coefficient (Wildman–Crippen LogP) is 3.88. The van der Waals surface area contributed by atoms with Crippen LogP contribution < -0.4 is 5.56 Å². The van der Waals surface area contributed by atoms with Gasteiger partial charge in [0.25, 0.3) is 5.56 Å². The SMILES string of the molecule is CC[C@@H](C)[C@@H](C(=O)OCc1cc(=O)n2cc(C)ccc2n1)c1ccccc1. The number of benzene rings is 1. The molecule has 0 aliphatic rings. The number of hydrogen-bond donors (Lipinski definition) is 0. The Morgan fingerprint density at radius 3 is 2.63 bits per heavy atom. The predicted molar refractivity (Wildman–Crippen MR) is 105 cm³/mol. The number of pyridine rings is 1. The van der Waals surface area contributed by atoms with E-state index >= 15 is 0 Å². The second-order valence-corrected chi connectivity index (χ2v) is 6.90.